The number of fused-ring (bicyclic) bond motifs is 4. The van der Waals surface area contributed by atoms with Gasteiger partial charge in [-0.3, -0.25) is 14.5 Å². The number of benzene rings is 2. The fourth-order valence-corrected chi connectivity index (χ4v) is 6.48. The summed E-state index contributed by atoms with van der Waals surface area (Å²) in [6.45, 7) is 0.0298. The Morgan fingerprint density at radius 3 is 2.54 bits per heavy atom. The van der Waals surface area contributed by atoms with E-state index in [9.17, 15) is 39.2 Å². The van der Waals surface area contributed by atoms with Gasteiger partial charge in [-0.1, -0.05) is 30.3 Å². The first-order valence-electron chi connectivity index (χ1n) is 12.8. The normalized spacial score (nSPS) is 25.0. The summed E-state index contributed by atoms with van der Waals surface area (Å²) in [5, 5.41) is 47.0. The minimum Gasteiger partial charge on any atom is -0.507 e. The third kappa shape index (κ3) is 3.71. The molecule has 4 atom stereocenters. The van der Waals surface area contributed by atoms with Crippen LogP contribution in [0.25, 0.3) is 5.76 Å². The average Bonchev–Trinajstić information content (AvgIpc) is 3.33. The molecule has 1 fully saturated rings. The number of nitrogens with zero attached hydrogens (tertiary/aromatic N) is 2. The molecule has 0 bridgehead atoms. The number of hydrogen-bond donors (Lipinski definition) is 4. The lowest BCUT2D eigenvalue weighted by molar-refractivity contribution is -0.142. The fraction of sp³-hybridized carbons (Fsp3) is 0.310. The number of aliphatic hydroxyl groups is 2. The largest absolute Gasteiger partial charge is 0.507 e. The Morgan fingerprint density at radius 2 is 1.88 bits per heavy atom. The lowest BCUT2D eigenvalue weighted by atomic mass is 9.57. The van der Waals surface area contributed by atoms with E-state index in [4.69, 9.17) is 9.26 Å². The van der Waals surface area contributed by atoms with Gasteiger partial charge in [-0.15, -0.1) is 0 Å². The van der Waals surface area contributed by atoms with Crippen molar-refractivity contribution in [1.82, 2.24) is 10.1 Å². The van der Waals surface area contributed by atoms with Crippen LogP contribution in [-0.2, 0) is 17.8 Å². The monoisotopic (exact) mass is 564 g/mol. The summed E-state index contributed by atoms with van der Waals surface area (Å²) in [5.74, 6) is -8.82. The first kappa shape index (κ1) is 26.7. The maximum absolute atomic E-state index is 14.6. The second kappa shape index (κ2) is 9.25. The first-order chi connectivity index (χ1) is 19.5. The summed E-state index contributed by atoms with van der Waals surface area (Å²) >= 11 is 0. The predicted octanol–water partition coefficient (Wildman–Crippen LogP) is 3.06. The Balaban J connectivity index is 1.47. The Hall–Kier alpha value is -4.55. The zero-order valence-corrected chi connectivity index (χ0v) is 21.9. The van der Waals surface area contributed by atoms with E-state index in [1.807, 2.05) is 18.2 Å². The van der Waals surface area contributed by atoms with E-state index < -0.39 is 69.5 Å². The number of aromatic carboxylic acids is 1. The number of rotatable bonds is 5. The molecule has 0 unspecified atom stereocenters. The Bertz CT molecular complexity index is 1660. The number of halogens is 1. The van der Waals surface area contributed by atoms with Crippen LogP contribution in [-0.4, -0.2) is 67.7 Å². The maximum atomic E-state index is 14.6. The van der Waals surface area contributed by atoms with Gasteiger partial charge in [-0.25, -0.2) is 9.18 Å². The minimum absolute atomic E-state index is 0.000924. The summed E-state index contributed by atoms with van der Waals surface area (Å²) in [7, 11) is 3.37. The highest BCUT2D eigenvalue weighted by molar-refractivity contribution is 6.26. The van der Waals surface area contributed by atoms with Gasteiger partial charge >= 0.3 is 5.97 Å². The van der Waals surface area contributed by atoms with E-state index in [1.165, 1.54) is 0 Å². The van der Waals surface area contributed by atoms with E-state index in [-0.39, 0.29) is 47.8 Å². The lowest BCUT2D eigenvalue weighted by Gasteiger charge is -2.49. The fourth-order valence-electron chi connectivity index (χ4n) is 6.48. The van der Waals surface area contributed by atoms with Crippen LogP contribution >= 0.6 is 0 Å². The van der Waals surface area contributed by atoms with Gasteiger partial charge in [0.05, 0.1) is 11.6 Å². The summed E-state index contributed by atoms with van der Waals surface area (Å²) in [6.07, 6.45) is -0.0560. The Labute approximate surface area is 232 Å². The van der Waals surface area contributed by atoms with Crippen LogP contribution in [0.5, 0.6) is 11.6 Å². The minimum atomic E-state index is -2.67. The number of hydrogen-bond acceptors (Lipinski definition) is 10. The second-order valence-corrected chi connectivity index (χ2v) is 10.8. The highest BCUT2D eigenvalue weighted by atomic mass is 19.1. The van der Waals surface area contributed by atoms with E-state index in [1.54, 1.807) is 31.1 Å². The molecular weight excluding hydrogens is 539 g/mol. The summed E-state index contributed by atoms with van der Waals surface area (Å²) in [6, 6.07) is 9.15. The molecule has 12 heteroatoms. The molecule has 0 aliphatic heterocycles. The van der Waals surface area contributed by atoms with Gasteiger partial charge in [0, 0.05) is 11.5 Å². The topological polar surface area (TPSA) is 171 Å². The number of ketones is 2. The van der Waals surface area contributed by atoms with Crippen molar-refractivity contribution in [3.63, 3.8) is 0 Å². The quantitative estimate of drug-likeness (QED) is 0.336. The predicted molar refractivity (Wildman–Crippen MR) is 138 cm³/mol. The number of carboxylic acids is 1. The molecule has 0 amide bonds. The van der Waals surface area contributed by atoms with Crippen molar-refractivity contribution in [2.45, 2.75) is 31.1 Å². The maximum Gasteiger partial charge on any atom is 0.342 e. The molecule has 0 saturated heterocycles. The van der Waals surface area contributed by atoms with Crippen molar-refractivity contribution in [3.8, 4) is 11.6 Å². The van der Waals surface area contributed by atoms with Crippen LogP contribution in [0, 0.1) is 17.7 Å². The molecule has 3 aliphatic carbocycles. The average molecular weight is 565 g/mol. The van der Waals surface area contributed by atoms with Gasteiger partial charge in [-0.2, -0.15) is 0 Å². The van der Waals surface area contributed by atoms with Crippen molar-refractivity contribution >= 4 is 23.3 Å². The van der Waals surface area contributed by atoms with Crippen LogP contribution in [0.15, 0.2) is 46.5 Å². The smallest absolute Gasteiger partial charge is 0.342 e. The first-order valence-corrected chi connectivity index (χ1v) is 12.8. The van der Waals surface area contributed by atoms with Crippen molar-refractivity contribution < 1.29 is 48.5 Å². The third-order valence-corrected chi connectivity index (χ3v) is 8.27. The molecule has 0 spiro atoms. The second-order valence-electron chi connectivity index (χ2n) is 10.8. The van der Waals surface area contributed by atoms with Crippen LogP contribution in [0.1, 0.15) is 55.6 Å². The van der Waals surface area contributed by atoms with Gasteiger partial charge in [0.25, 0.3) is 5.88 Å². The van der Waals surface area contributed by atoms with Gasteiger partial charge < -0.3 is 29.7 Å². The Morgan fingerprint density at radius 1 is 1.17 bits per heavy atom. The molecule has 11 nitrogen and oxygen atoms in total. The highest BCUT2D eigenvalue weighted by Crippen LogP contribution is 2.56. The van der Waals surface area contributed by atoms with Crippen LogP contribution in [0.2, 0.25) is 0 Å². The van der Waals surface area contributed by atoms with E-state index in [2.05, 4.69) is 5.16 Å². The van der Waals surface area contributed by atoms with Crippen LogP contribution in [0.3, 0.4) is 0 Å². The zero-order valence-electron chi connectivity index (χ0n) is 21.9. The molecule has 1 aromatic heterocycles. The Kier molecular flexibility index (Phi) is 6.01. The molecule has 1 saturated carbocycles. The van der Waals surface area contributed by atoms with Crippen molar-refractivity contribution in [3.05, 3.63) is 81.4 Å². The molecule has 6 rings (SSSR count). The number of carbonyl (C=O) groups excluding carboxylic acids is 2. The summed E-state index contributed by atoms with van der Waals surface area (Å²) in [4.78, 5) is 41.3. The van der Waals surface area contributed by atoms with E-state index in [0.717, 1.165) is 11.6 Å². The molecule has 4 N–H and O–H groups in total. The van der Waals surface area contributed by atoms with Crippen molar-refractivity contribution in [2.24, 2.45) is 11.8 Å². The lowest BCUT2D eigenvalue weighted by Crippen LogP contribution is -2.63. The number of Topliss-reactive ketones (excluding diaryl/α,β-unsaturated/α-hetero) is 2. The van der Waals surface area contributed by atoms with Crippen molar-refractivity contribution in [2.75, 3.05) is 14.1 Å². The number of ether oxygens (including phenoxy) is 1. The number of phenols is 1. The molecular formula is C29H25FN2O9. The number of carbonyl (C=O) groups is 3. The molecule has 3 aliphatic rings. The van der Waals surface area contributed by atoms with Crippen molar-refractivity contribution in [1.29, 1.82) is 0 Å². The van der Waals surface area contributed by atoms with Crippen LogP contribution in [0.4, 0.5) is 4.39 Å². The van der Waals surface area contributed by atoms with Gasteiger partial charge in [0.15, 0.2) is 11.4 Å². The van der Waals surface area contributed by atoms with Gasteiger partial charge in [-0.05, 0) is 55.2 Å². The van der Waals surface area contributed by atoms with E-state index >= 15 is 0 Å². The molecule has 1 heterocycles. The summed E-state index contributed by atoms with van der Waals surface area (Å²) in [5.41, 5.74) is -3.82. The number of aromatic hydroxyl groups is 1. The standard InChI is InChI=1S/C29H25FN2O9/c1-32(2)21-15-9-13-8-14-10-16(30)19(28(37)38)23(34)17(14)22(33)18(13)25(35)29(15,39)26(36)20-24(21)41-31-27(20)40-11-12-6-4-3-5-7-12/h3-7,10,13,15,21,33-34,39H,8-9,11H2,1-2H3,(H,37,38)/t13-,15-,21-,29-/m0/s1. The third-order valence-electron chi connectivity index (χ3n) is 8.27. The number of carboxylic acid groups (broad SMARTS) is 1. The molecule has 3 aromatic rings. The summed E-state index contributed by atoms with van der Waals surface area (Å²) < 4.78 is 25.9. The van der Waals surface area contributed by atoms with Gasteiger partial charge in [0.1, 0.15) is 35.1 Å². The molecule has 0 radical (unpaired) electrons. The highest BCUT2D eigenvalue weighted by Gasteiger charge is 2.65. The molecule has 41 heavy (non-hydrogen) atoms. The SMILES string of the molecule is CN(C)[C@@H]1c2onc(OCc3ccccc3)c2C(=O)[C@@]2(O)C(=O)C3=C(O)c4c(cc(F)c(C(=O)O)c4O)C[C@H]3C[C@@H]12. The van der Waals surface area contributed by atoms with Gasteiger partial charge in [0.2, 0.25) is 11.6 Å². The zero-order chi connectivity index (χ0) is 29.4. The molecule has 212 valence electrons. The molecule has 2 aromatic carbocycles. The number of aliphatic hydroxyl groups excluding tert-OH is 1. The van der Waals surface area contributed by atoms with E-state index in [0.29, 0.717) is 0 Å². The number of aromatic nitrogens is 1. The van der Waals surface area contributed by atoms with Crippen LogP contribution < -0.4 is 4.74 Å².